The molecule has 0 radical (unpaired) electrons. The molecule has 2 aromatic rings. The van der Waals surface area contributed by atoms with Crippen LogP contribution in [-0.2, 0) is 6.18 Å². The van der Waals surface area contributed by atoms with Crippen LogP contribution in [0.5, 0.6) is 0 Å². The number of rotatable bonds is 2. The van der Waals surface area contributed by atoms with Crippen LogP contribution in [0.2, 0.25) is 0 Å². The van der Waals surface area contributed by atoms with E-state index in [2.05, 4.69) is 4.98 Å². The van der Waals surface area contributed by atoms with Gasteiger partial charge in [0.15, 0.2) is 0 Å². The molecule has 7 heteroatoms. The molecule has 0 bridgehead atoms. The normalized spacial score (nSPS) is 15.2. The molecule has 1 aliphatic rings. The first-order valence-corrected chi connectivity index (χ1v) is 6.40. The van der Waals surface area contributed by atoms with Gasteiger partial charge in [0.05, 0.1) is 11.3 Å². The van der Waals surface area contributed by atoms with Crippen molar-refractivity contribution in [3.63, 3.8) is 0 Å². The molecule has 0 amide bonds. The Hall–Kier alpha value is -2.31. The number of aromatic amines is 1. The van der Waals surface area contributed by atoms with E-state index in [0.717, 1.165) is 25.0 Å². The fraction of sp³-hybridized carbons (Fsp3) is 0.286. The second-order valence-electron chi connectivity index (χ2n) is 5.03. The van der Waals surface area contributed by atoms with Crippen molar-refractivity contribution in [3.05, 3.63) is 62.4 Å². The van der Waals surface area contributed by atoms with Gasteiger partial charge in [-0.15, -0.1) is 0 Å². The predicted molar refractivity (Wildman–Crippen MR) is 69.6 cm³/mol. The number of hydrogen-bond donors (Lipinski definition) is 1. The molecule has 0 spiro atoms. The van der Waals surface area contributed by atoms with E-state index in [9.17, 15) is 22.8 Å². The second-order valence-corrected chi connectivity index (χ2v) is 5.03. The van der Waals surface area contributed by atoms with Crippen molar-refractivity contribution in [2.24, 2.45) is 0 Å². The van der Waals surface area contributed by atoms with E-state index in [1.807, 2.05) is 0 Å². The monoisotopic (exact) mass is 296 g/mol. The van der Waals surface area contributed by atoms with Crippen LogP contribution in [0.3, 0.4) is 0 Å². The summed E-state index contributed by atoms with van der Waals surface area (Å²) in [7, 11) is 0. The number of alkyl halides is 3. The number of benzene rings is 1. The summed E-state index contributed by atoms with van der Waals surface area (Å²) in [6, 6.07) is 5.41. The molecule has 1 heterocycles. The molecular formula is C14H11F3N2O2. The number of aromatic nitrogens is 2. The highest BCUT2D eigenvalue weighted by Gasteiger charge is 2.31. The van der Waals surface area contributed by atoms with Crippen molar-refractivity contribution in [1.29, 1.82) is 0 Å². The first kappa shape index (κ1) is 13.7. The summed E-state index contributed by atoms with van der Waals surface area (Å²) in [5.41, 5.74) is -1.80. The molecule has 1 fully saturated rings. The first-order chi connectivity index (χ1) is 9.86. The third-order valence-corrected chi connectivity index (χ3v) is 3.40. The lowest BCUT2D eigenvalue weighted by Gasteiger charge is -2.10. The topological polar surface area (TPSA) is 54.9 Å². The van der Waals surface area contributed by atoms with Crippen LogP contribution < -0.4 is 11.2 Å². The summed E-state index contributed by atoms with van der Waals surface area (Å²) >= 11 is 0. The Labute approximate surface area is 116 Å². The summed E-state index contributed by atoms with van der Waals surface area (Å²) in [5, 5.41) is 0. The fourth-order valence-corrected chi connectivity index (χ4v) is 2.19. The molecular weight excluding hydrogens is 285 g/mol. The quantitative estimate of drug-likeness (QED) is 0.925. The minimum Gasteiger partial charge on any atom is -0.310 e. The first-order valence-electron chi connectivity index (χ1n) is 6.40. The van der Waals surface area contributed by atoms with Crippen LogP contribution in [0.15, 0.2) is 39.9 Å². The highest BCUT2D eigenvalue weighted by atomic mass is 19.4. The third kappa shape index (κ3) is 2.63. The van der Waals surface area contributed by atoms with E-state index in [-0.39, 0.29) is 11.6 Å². The molecule has 1 aromatic carbocycles. The Bertz CT molecular complexity index is 770. The Balaban J connectivity index is 2.13. The van der Waals surface area contributed by atoms with Crippen LogP contribution in [0.4, 0.5) is 13.2 Å². The average molecular weight is 296 g/mol. The van der Waals surface area contributed by atoms with Gasteiger partial charge in [-0.25, -0.2) is 9.36 Å². The number of nitrogens with zero attached hydrogens (tertiary/aromatic N) is 1. The average Bonchev–Trinajstić information content (AvgIpc) is 3.21. The summed E-state index contributed by atoms with van der Waals surface area (Å²) in [6.07, 6.45) is -2.72. The minimum atomic E-state index is -4.53. The van der Waals surface area contributed by atoms with Crippen molar-refractivity contribution in [2.75, 3.05) is 0 Å². The largest absolute Gasteiger partial charge is 0.416 e. The molecule has 0 aliphatic heterocycles. The van der Waals surface area contributed by atoms with Crippen molar-refractivity contribution in [1.82, 2.24) is 9.55 Å². The van der Waals surface area contributed by atoms with E-state index in [1.54, 1.807) is 0 Å². The maximum Gasteiger partial charge on any atom is 0.416 e. The zero-order valence-electron chi connectivity index (χ0n) is 10.8. The maximum absolute atomic E-state index is 12.7. The van der Waals surface area contributed by atoms with E-state index in [4.69, 9.17) is 0 Å². The third-order valence-electron chi connectivity index (χ3n) is 3.40. The molecule has 3 rings (SSSR count). The molecule has 110 valence electrons. The van der Waals surface area contributed by atoms with Crippen LogP contribution in [0.1, 0.15) is 30.0 Å². The minimum absolute atomic E-state index is 0.0987. The summed E-state index contributed by atoms with van der Waals surface area (Å²) in [6.45, 7) is 0. The summed E-state index contributed by atoms with van der Waals surface area (Å²) < 4.78 is 38.8. The van der Waals surface area contributed by atoms with Gasteiger partial charge in [0.1, 0.15) is 0 Å². The van der Waals surface area contributed by atoms with Crippen LogP contribution in [0.25, 0.3) is 5.69 Å². The van der Waals surface area contributed by atoms with Crippen molar-refractivity contribution in [3.8, 4) is 5.69 Å². The lowest BCUT2D eigenvalue weighted by Crippen LogP contribution is -2.34. The Kier molecular flexibility index (Phi) is 3.00. The smallest absolute Gasteiger partial charge is 0.310 e. The van der Waals surface area contributed by atoms with Gasteiger partial charge in [-0.1, -0.05) is 6.07 Å². The van der Waals surface area contributed by atoms with Crippen LogP contribution >= 0.6 is 0 Å². The van der Waals surface area contributed by atoms with Gasteiger partial charge >= 0.3 is 11.9 Å². The van der Waals surface area contributed by atoms with Gasteiger partial charge in [-0.05, 0) is 37.0 Å². The lowest BCUT2D eigenvalue weighted by molar-refractivity contribution is -0.137. The molecule has 0 atom stereocenters. The standard InChI is InChI=1S/C14H11F3N2O2/c15-14(16,17)9-2-1-3-10(6-9)19-12(20)7-11(8-4-5-8)18-13(19)21/h1-3,6-8H,4-5H2,(H,18,21). The molecule has 1 saturated carbocycles. The van der Waals surface area contributed by atoms with E-state index >= 15 is 0 Å². The molecule has 4 nitrogen and oxygen atoms in total. The van der Waals surface area contributed by atoms with E-state index in [0.29, 0.717) is 10.3 Å². The van der Waals surface area contributed by atoms with Crippen LogP contribution in [0, 0.1) is 0 Å². The zero-order valence-corrected chi connectivity index (χ0v) is 10.8. The molecule has 21 heavy (non-hydrogen) atoms. The van der Waals surface area contributed by atoms with Crippen molar-refractivity contribution < 1.29 is 13.2 Å². The van der Waals surface area contributed by atoms with Gasteiger partial charge < -0.3 is 4.98 Å². The van der Waals surface area contributed by atoms with Crippen LogP contribution in [-0.4, -0.2) is 9.55 Å². The zero-order chi connectivity index (χ0) is 15.2. The van der Waals surface area contributed by atoms with Gasteiger partial charge in [-0.2, -0.15) is 13.2 Å². The highest BCUT2D eigenvalue weighted by molar-refractivity contribution is 5.37. The molecule has 0 saturated heterocycles. The summed E-state index contributed by atoms with van der Waals surface area (Å²) in [5.74, 6) is 0.182. The van der Waals surface area contributed by atoms with Crippen molar-refractivity contribution in [2.45, 2.75) is 24.9 Å². The number of hydrogen-bond acceptors (Lipinski definition) is 2. The molecule has 1 N–H and O–H groups in total. The SMILES string of the molecule is O=c1cc(C2CC2)[nH]c(=O)n1-c1cccc(C(F)(F)F)c1. The van der Waals surface area contributed by atoms with Gasteiger partial charge in [-0.3, -0.25) is 4.79 Å². The Morgan fingerprint density at radius 1 is 1.14 bits per heavy atom. The van der Waals surface area contributed by atoms with Gasteiger partial charge in [0.25, 0.3) is 5.56 Å². The molecule has 1 aliphatic carbocycles. The van der Waals surface area contributed by atoms with Gasteiger partial charge in [0.2, 0.25) is 0 Å². The molecule has 1 aromatic heterocycles. The second kappa shape index (κ2) is 4.61. The Morgan fingerprint density at radius 2 is 1.86 bits per heavy atom. The Morgan fingerprint density at radius 3 is 2.43 bits per heavy atom. The highest BCUT2D eigenvalue weighted by Crippen LogP contribution is 2.38. The summed E-state index contributed by atoms with van der Waals surface area (Å²) in [4.78, 5) is 26.6. The number of nitrogens with one attached hydrogen (secondary N) is 1. The van der Waals surface area contributed by atoms with E-state index < -0.39 is 23.0 Å². The lowest BCUT2D eigenvalue weighted by atomic mass is 10.2. The van der Waals surface area contributed by atoms with Gasteiger partial charge in [0, 0.05) is 11.8 Å². The molecule has 0 unspecified atom stereocenters. The number of halogens is 3. The number of H-pyrrole nitrogens is 1. The maximum atomic E-state index is 12.7. The van der Waals surface area contributed by atoms with Crippen molar-refractivity contribution >= 4 is 0 Å². The fourth-order valence-electron chi connectivity index (χ4n) is 2.19. The predicted octanol–water partition coefficient (Wildman–Crippen LogP) is 2.42. The van der Waals surface area contributed by atoms with E-state index in [1.165, 1.54) is 18.2 Å².